The number of amides is 2. The van der Waals surface area contributed by atoms with Gasteiger partial charge in [0.05, 0.1) is 6.61 Å². The average molecular weight is 326 g/mol. The van der Waals surface area contributed by atoms with Crippen LogP contribution in [0.5, 0.6) is 0 Å². The van der Waals surface area contributed by atoms with Crippen LogP contribution in [0.2, 0.25) is 0 Å². The number of ether oxygens (including phenoxy) is 1. The van der Waals surface area contributed by atoms with Crippen LogP contribution in [0.25, 0.3) is 0 Å². The van der Waals surface area contributed by atoms with E-state index in [-0.39, 0.29) is 19.1 Å². The fourth-order valence-electron chi connectivity index (χ4n) is 2.00. The zero-order valence-electron chi connectivity index (χ0n) is 13.2. The first-order chi connectivity index (χ1) is 11.6. The van der Waals surface area contributed by atoms with E-state index in [1.54, 1.807) is 55.5 Å². The summed E-state index contributed by atoms with van der Waals surface area (Å²) in [7, 11) is 0. The van der Waals surface area contributed by atoms with Gasteiger partial charge >= 0.3 is 5.97 Å². The van der Waals surface area contributed by atoms with Crippen molar-refractivity contribution in [3.8, 4) is 0 Å². The molecule has 0 radical (unpaired) electrons. The molecule has 0 aliphatic carbocycles. The second-order valence-corrected chi connectivity index (χ2v) is 4.89. The van der Waals surface area contributed by atoms with Crippen molar-refractivity contribution < 1.29 is 19.1 Å². The molecule has 124 valence electrons. The van der Waals surface area contributed by atoms with Crippen LogP contribution in [0.15, 0.2) is 54.6 Å². The van der Waals surface area contributed by atoms with Gasteiger partial charge in [-0.25, -0.2) is 0 Å². The number of hydrogen-bond acceptors (Lipinski definition) is 4. The number of hydrogen-bond donors (Lipinski definition) is 2. The number of nitrogens with one attached hydrogen (secondary N) is 2. The summed E-state index contributed by atoms with van der Waals surface area (Å²) < 4.78 is 4.74. The average Bonchev–Trinajstić information content (AvgIpc) is 2.61. The summed E-state index contributed by atoms with van der Waals surface area (Å²) in [5.74, 6) is -1.18. The Hall–Kier alpha value is -3.15. The van der Waals surface area contributed by atoms with Gasteiger partial charge in [-0.2, -0.15) is 0 Å². The van der Waals surface area contributed by atoms with Gasteiger partial charge in [-0.05, 0) is 37.3 Å². The highest BCUT2D eigenvalue weighted by molar-refractivity contribution is 6.05. The van der Waals surface area contributed by atoms with E-state index in [4.69, 9.17) is 4.74 Å². The fourth-order valence-corrected chi connectivity index (χ4v) is 2.00. The molecule has 0 unspecified atom stereocenters. The number of anilines is 1. The first-order valence-electron chi connectivity index (χ1n) is 7.50. The summed E-state index contributed by atoms with van der Waals surface area (Å²) in [6.45, 7) is 1.75. The number of carbonyl (C=O) groups excluding carboxylic acids is 3. The van der Waals surface area contributed by atoms with Crippen LogP contribution < -0.4 is 10.6 Å². The molecule has 2 N–H and O–H groups in total. The largest absolute Gasteiger partial charge is 0.465 e. The highest BCUT2D eigenvalue weighted by Crippen LogP contribution is 2.12. The van der Waals surface area contributed by atoms with Crippen molar-refractivity contribution in [2.45, 2.75) is 6.92 Å². The maximum Gasteiger partial charge on any atom is 0.325 e. The SMILES string of the molecule is CCOC(=O)CNC(=O)c1cccc(NC(=O)c2ccccc2)c1. The van der Waals surface area contributed by atoms with Crippen LogP contribution in [0.4, 0.5) is 5.69 Å². The van der Waals surface area contributed by atoms with Crippen LogP contribution in [-0.4, -0.2) is 30.9 Å². The zero-order valence-corrected chi connectivity index (χ0v) is 13.2. The van der Waals surface area contributed by atoms with E-state index in [2.05, 4.69) is 10.6 Å². The van der Waals surface area contributed by atoms with Crippen molar-refractivity contribution in [1.82, 2.24) is 5.32 Å². The Labute approximate surface area is 139 Å². The molecule has 0 aromatic heterocycles. The molecule has 24 heavy (non-hydrogen) atoms. The molecule has 2 rings (SSSR count). The summed E-state index contributed by atoms with van der Waals surface area (Å²) in [4.78, 5) is 35.4. The second kappa shape index (κ2) is 8.47. The third-order valence-electron chi connectivity index (χ3n) is 3.12. The Balaban J connectivity index is 1.99. The minimum atomic E-state index is -0.501. The number of benzene rings is 2. The number of rotatable bonds is 6. The van der Waals surface area contributed by atoms with Crippen LogP contribution in [0.3, 0.4) is 0 Å². The van der Waals surface area contributed by atoms with Gasteiger partial charge in [0.2, 0.25) is 0 Å². The predicted octanol–water partition coefficient (Wildman–Crippen LogP) is 2.23. The molecule has 0 atom stereocenters. The molecule has 2 amide bonds. The molecule has 0 spiro atoms. The van der Waals surface area contributed by atoms with Crippen LogP contribution in [0.1, 0.15) is 27.6 Å². The lowest BCUT2D eigenvalue weighted by Gasteiger charge is -2.08. The summed E-state index contributed by atoms with van der Waals surface area (Å²) in [6, 6.07) is 15.2. The smallest absolute Gasteiger partial charge is 0.325 e. The number of carbonyl (C=O) groups is 3. The summed E-state index contributed by atoms with van der Waals surface area (Å²) in [5, 5.41) is 5.20. The maximum absolute atomic E-state index is 12.1. The van der Waals surface area contributed by atoms with E-state index in [1.807, 2.05) is 6.07 Å². The second-order valence-electron chi connectivity index (χ2n) is 4.89. The third kappa shape index (κ3) is 4.95. The first-order valence-corrected chi connectivity index (χ1v) is 7.50. The van der Waals surface area contributed by atoms with Crippen molar-refractivity contribution in [2.75, 3.05) is 18.5 Å². The Morgan fingerprint density at radius 3 is 2.33 bits per heavy atom. The van der Waals surface area contributed by atoms with Crippen molar-refractivity contribution in [3.63, 3.8) is 0 Å². The molecule has 6 heteroatoms. The van der Waals surface area contributed by atoms with Crippen LogP contribution in [-0.2, 0) is 9.53 Å². The molecule has 0 saturated carbocycles. The van der Waals surface area contributed by atoms with Crippen molar-refractivity contribution >= 4 is 23.5 Å². The van der Waals surface area contributed by atoms with Gasteiger partial charge in [-0.15, -0.1) is 0 Å². The molecule has 0 bridgehead atoms. The van der Waals surface area contributed by atoms with E-state index in [0.29, 0.717) is 16.8 Å². The standard InChI is InChI=1S/C18H18N2O4/c1-2-24-16(21)12-19-17(22)14-9-6-10-15(11-14)20-18(23)13-7-4-3-5-8-13/h3-11H,2,12H2,1H3,(H,19,22)(H,20,23). The van der Waals surface area contributed by atoms with Crippen LogP contribution in [0, 0.1) is 0 Å². The van der Waals surface area contributed by atoms with Gasteiger partial charge in [-0.1, -0.05) is 24.3 Å². The predicted molar refractivity (Wildman–Crippen MR) is 89.8 cm³/mol. The third-order valence-corrected chi connectivity index (χ3v) is 3.12. The van der Waals surface area contributed by atoms with E-state index in [0.717, 1.165) is 0 Å². The van der Waals surface area contributed by atoms with E-state index in [9.17, 15) is 14.4 Å². The highest BCUT2D eigenvalue weighted by Gasteiger charge is 2.10. The van der Waals surface area contributed by atoms with Gasteiger partial charge in [-0.3, -0.25) is 14.4 Å². The molecule has 0 aliphatic rings. The van der Waals surface area contributed by atoms with Gasteiger partial charge in [0.1, 0.15) is 6.54 Å². The molecule has 6 nitrogen and oxygen atoms in total. The normalized spacial score (nSPS) is 9.88. The summed E-state index contributed by atoms with van der Waals surface area (Å²) in [5.41, 5.74) is 1.35. The quantitative estimate of drug-likeness (QED) is 0.797. The topological polar surface area (TPSA) is 84.5 Å². The molecule has 2 aromatic rings. The van der Waals surface area contributed by atoms with Gasteiger partial charge in [0.25, 0.3) is 11.8 Å². The van der Waals surface area contributed by atoms with E-state index >= 15 is 0 Å². The minimum absolute atomic E-state index is 0.201. The molecule has 0 saturated heterocycles. The Bertz CT molecular complexity index is 729. The molecule has 0 heterocycles. The molecule has 0 fully saturated rings. The van der Waals surface area contributed by atoms with Crippen LogP contribution >= 0.6 is 0 Å². The Morgan fingerprint density at radius 1 is 0.917 bits per heavy atom. The Kier molecular flexibility index (Phi) is 6.08. The minimum Gasteiger partial charge on any atom is -0.465 e. The van der Waals surface area contributed by atoms with Crippen molar-refractivity contribution in [3.05, 3.63) is 65.7 Å². The van der Waals surface area contributed by atoms with Gasteiger partial charge in [0, 0.05) is 16.8 Å². The number of esters is 1. The molecular weight excluding hydrogens is 308 g/mol. The monoisotopic (exact) mass is 326 g/mol. The lowest BCUT2D eigenvalue weighted by atomic mass is 10.1. The maximum atomic E-state index is 12.1. The summed E-state index contributed by atoms with van der Waals surface area (Å²) >= 11 is 0. The fraction of sp³-hybridized carbons (Fsp3) is 0.167. The zero-order chi connectivity index (χ0) is 17.4. The first kappa shape index (κ1) is 17.2. The van der Waals surface area contributed by atoms with E-state index in [1.165, 1.54) is 0 Å². The van der Waals surface area contributed by atoms with Crippen molar-refractivity contribution in [1.29, 1.82) is 0 Å². The van der Waals surface area contributed by atoms with Gasteiger partial charge < -0.3 is 15.4 Å². The summed E-state index contributed by atoms with van der Waals surface area (Å²) in [6.07, 6.45) is 0. The molecule has 0 aliphatic heterocycles. The lowest BCUT2D eigenvalue weighted by Crippen LogP contribution is -2.30. The van der Waals surface area contributed by atoms with Crippen molar-refractivity contribution in [2.24, 2.45) is 0 Å². The lowest BCUT2D eigenvalue weighted by molar-refractivity contribution is -0.141. The van der Waals surface area contributed by atoms with Gasteiger partial charge in [0.15, 0.2) is 0 Å². The molecule has 2 aromatic carbocycles. The highest BCUT2D eigenvalue weighted by atomic mass is 16.5. The van der Waals surface area contributed by atoms with E-state index < -0.39 is 11.9 Å². The molecular formula is C18H18N2O4. The Morgan fingerprint density at radius 2 is 1.62 bits per heavy atom.